The Morgan fingerprint density at radius 3 is 2.65 bits per heavy atom. The van der Waals surface area contributed by atoms with E-state index in [1.54, 1.807) is 6.92 Å². The second kappa shape index (κ2) is 5.33. The monoisotopic (exact) mass is 246 g/mol. The van der Waals surface area contributed by atoms with Crippen LogP contribution in [0.5, 0.6) is 0 Å². The van der Waals surface area contributed by atoms with Crippen LogP contribution in [-0.2, 0) is 9.53 Å². The van der Waals surface area contributed by atoms with E-state index in [-0.39, 0.29) is 19.1 Å². The number of methoxy groups -OCH3 is 1. The molecule has 17 heavy (non-hydrogen) atoms. The normalized spacial score (nSPS) is 25.7. The number of likely N-dealkylation sites (tertiary alicyclic amines) is 1. The molecule has 1 rings (SSSR count). The Morgan fingerprint density at radius 1 is 1.59 bits per heavy atom. The highest BCUT2D eigenvalue weighted by molar-refractivity contribution is 5.77. The number of amides is 2. The van der Waals surface area contributed by atoms with Crippen molar-refractivity contribution in [1.82, 2.24) is 10.2 Å². The summed E-state index contributed by atoms with van der Waals surface area (Å²) in [5, 5.41) is 20.9. The second-order valence-corrected chi connectivity index (χ2v) is 4.42. The highest BCUT2D eigenvalue weighted by atomic mass is 16.5. The first-order chi connectivity index (χ1) is 7.85. The molecular formula is C10H18N2O5. The maximum atomic E-state index is 11.6. The van der Waals surface area contributed by atoms with Gasteiger partial charge in [0.25, 0.3) is 0 Å². The molecule has 2 unspecified atom stereocenters. The van der Waals surface area contributed by atoms with Crippen molar-refractivity contribution in [2.45, 2.75) is 25.0 Å². The fraction of sp³-hybridized carbons (Fsp3) is 0.800. The molecule has 7 heteroatoms. The van der Waals surface area contributed by atoms with Gasteiger partial charge in [0.2, 0.25) is 0 Å². The number of carbonyl (C=O) groups is 2. The minimum absolute atomic E-state index is 0.0939. The second-order valence-electron chi connectivity index (χ2n) is 4.42. The Morgan fingerprint density at radius 2 is 2.24 bits per heavy atom. The molecule has 2 amide bonds. The SMILES string of the molecule is COC(CNC(=O)N1CCC(C)(O)C1)C(=O)O. The fourth-order valence-corrected chi connectivity index (χ4v) is 1.68. The van der Waals surface area contributed by atoms with Gasteiger partial charge in [0, 0.05) is 13.7 Å². The Bertz CT molecular complexity index is 305. The van der Waals surface area contributed by atoms with Gasteiger partial charge < -0.3 is 25.2 Å². The molecule has 0 aliphatic carbocycles. The standard InChI is InChI=1S/C10H18N2O5/c1-10(16)3-4-12(6-10)9(15)11-5-7(17-2)8(13)14/h7,16H,3-6H2,1-2H3,(H,11,15)(H,13,14). The minimum Gasteiger partial charge on any atom is -0.479 e. The van der Waals surface area contributed by atoms with E-state index in [0.29, 0.717) is 13.0 Å². The molecule has 1 saturated heterocycles. The molecule has 0 saturated carbocycles. The molecule has 0 aromatic rings. The van der Waals surface area contributed by atoms with E-state index in [4.69, 9.17) is 5.11 Å². The van der Waals surface area contributed by atoms with E-state index in [1.807, 2.05) is 0 Å². The van der Waals surface area contributed by atoms with Gasteiger partial charge in [0.05, 0.1) is 18.7 Å². The fourth-order valence-electron chi connectivity index (χ4n) is 1.68. The summed E-state index contributed by atoms with van der Waals surface area (Å²) >= 11 is 0. The van der Waals surface area contributed by atoms with Gasteiger partial charge in [-0.3, -0.25) is 0 Å². The summed E-state index contributed by atoms with van der Waals surface area (Å²) in [4.78, 5) is 23.7. The van der Waals surface area contributed by atoms with E-state index >= 15 is 0 Å². The van der Waals surface area contributed by atoms with Crippen molar-refractivity contribution in [2.24, 2.45) is 0 Å². The summed E-state index contributed by atoms with van der Waals surface area (Å²) in [6.45, 7) is 2.28. The van der Waals surface area contributed by atoms with Crippen LogP contribution in [0.25, 0.3) is 0 Å². The number of β-amino-alcohol motifs (C(OH)–C–C–N with tert-alkyl or cyclic N) is 1. The van der Waals surface area contributed by atoms with Gasteiger partial charge >= 0.3 is 12.0 Å². The molecule has 1 heterocycles. The zero-order chi connectivity index (χ0) is 13.1. The molecule has 1 aliphatic heterocycles. The number of carboxylic acid groups (broad SMARTS) is 1. The van der Waals surface area contributed by atoms with Gasteiger partial charge in [-0.15, -0.1) is 0 Å². The predicted octanol–water partition coefficient (Wildman–Crippen LogP) is -0.748. The van der Waals surface area contributed by atoms with Crippen molar-refractivity contribution >= 4 is 12.0 Å². The van der Waals surface area contributed by atoms with Crippen LogP contribution in [0.15, 0.2) is 0 Å². The van der Waals surface area contributed by atoms with Crippen LogP contribution in [-0.4, -0.2) is 65.6 Å². The van der Waals surface area contributed by atoms with E-state index < -0.39 is 17.7 Å². The summed E-state index contributed by atoms with van der Waals surface area (Å²) in [5.41, 5.74) is -0.856. The van der Waals surface area contributed by atoms with Gasteiger partial charge in [-0.25, -0.2) is 9.59 Å². The molecule has 0 spiro atoms. The van der Waals surface area contributed by atoms with Gasteiger partial charge in [-0.1, -0.05) is 0 Å². The summed E-state index contributed by atoms with van der Waals surface area (Å²) in [7, 11) is 1.27. The molecule has 0 aromatic heterocycles. The first-order valence-corrected chi connectivity index (χ1v) is 5.36. The Labute approximate surface area is 99.4 Å². The highest BCUT2D eigenvalue weighted by Gasteiger charge is 2.34. The maximum absolute atomic E-state index is 11.6. The van der Waals surface area contributed by atoms with Gasteiger partial charge in [-0.05, 0) is 13.3 Å². The number of nitrogens with one attached hydrogen (secondary N) is 1. The zero-order valence-electron chi connectivity index (χ0n) is 9.97. The number of ether oxygens (including phenoxy) is 1. The van der Waals surface area contributed by atoms with Crippen LogP contribution in [0.1, 0.15) is 13.3 Å². The minimum atomic E-state index is -1.12. The lowest BCUT2D eigenvalue weighted by molar-refractivity contribution is -0.148. The number of carboxylic acids is 1. The van der Waals surface area contributed by atoms with Crippen molar-refractivity contribution in [1.29, 1.82) is 0 Å². The lowest BCUT2D eigenvalue weighted by atomic mass is 10.1. The molecule has 2 atom stereocenters. The van der Waals surface area contributed by atoms with Gasteiger partial charge in [-0.2, -0.15) is 0 Å². The number of hydrogen-bond acceptors (Lipinski definition) is 4. The lowest BCUT2D eigenvalue weighted by Gasteiger charge is -2.20. The Hall–Kier alpha value is -1.34. The first kappa shape index (κ1) is 13.7. The number of aliphatic hydroxyl groups is 1. The highest BCUT2D eigenvalue weighted by Crippen LogP contribution is 2.19. The summed E-state index contributed by atoms with van der Waals surface area (Å²) < 4.78 is 4.68. The van der Waals surface area contributed by atoms with Gasteiger partial charge in [0.15, 0.2) is 6.10 Å². The predicted molar refractivity (Wildman–Crippen MR) is 58.6 cm³/mol. The van der Waals surface area contributed by atoms with E-state index in [0.717, 1.165) is 0 Å². The number of aliphatic carboxylic acids is 1. The number of urea groups is 1. The molecular weight excluding hydrogens is 228 g/mol. The third-order valence-electron chi connectivity index (χ3n) is 2.74. The molecule has 0 radical (unpaired) electrons. The van der Waals surface area contributed by atoms with E-state index in [2.05, 4.69) is 10.1 Å². The van der Waals surface area contributed by atoms with Crippen molar-refractivity contribution in [3.8, 4) is 0 Å². The lowest BCUT2D eigenvalue weighted by Crippen LogP contribution is -2.45. The molecule has 0 bridgehead atoms. The number of carbonyl (C=O) groups excluding carboxylic acids is 1. The van der Waals surface area contributed by atoms with Crippen LogP contribution in [0.3, 0.4) is 0 Å². The quantitative estimate of drug-likeness (QED) is 0.606. The van der Waals surface area contributed by atoms with Crippen LogP contribution < -0.4 is 5.32 Å². The Balaban J connectivity index is 2.38. The molecule has 7 nitrogen and oxygen atoms in total. The Kier molecular flexibility index (Phi) is 4.30. The third-order valence-corrected chi connectivity index (χ3v) is 2.74. The molecule has 1 aliphatic rings. The van der Waals surface area contributed by atoms with Crippen LogP contribution in [0.4, 0.5) is 4.79 Å². The zero-order valence-corrected chi connectivity index (χ0v) is 9.97. The summed E-state index contributed by atoms with van der Waals surface area (Å²) in [5.74, 6) is -1.12. The number of rotatable bonds is 4. The van der Waals surface area contributed by atoms with Crippen LogP contribution in [0.2, 0.25) is 0 Å². The largest absolute Gasteiger partial charge is 0.479 e. The van der Waals surface area contributed by atoms with E-state index in [9.17, 15) is 14.7 Å². The van der Waals surface area contributed by atoms with Crippen molar-refractivity contribution in [3.63, 3.8) is 0 Å². The average Bonchev–Trinajstić information content (AvgIpc) is 2.59. The molecule has 0 aromatic carbocycles. The van der Waals surface area contributed by atoms with E-state index in [1.165, 1.54) is 12.0 Å². The van der Waals surface area contributed by atoms with Crippen LogP contribution in [0, 0.1) is 0 Å². The topological polar surface area (TPSA) is 99.1 Å². The van der Waals surface area contributed by atoms with Crippen molar-refractivity contribution in [3.05, 3.63) is 0 Å². The summed E-state index contributed by atoms with van der Waals surface area (Å²) in [6.07, 6.45) is -0.533. The van der Waals surface area contributed by atoms with Crippen LogP contribution >= 0.6 is 0 Å². The number of nitrogens with zero attached hydrogens (tertiary/aromatic N) is 1. The number of hydrogen-bond donors (Lipinski definition) is 3. The van der Waals surface area contributed by atoms with Crippen molar-refractivity contribution in [2.75, 3.05) is 26.7 Å². The maximum Gasteiger partial charge on any atom is 0.334 e. The van der Waals surface area contributed by atoms with Crippen molar-refractivity contribution < 1.29 is 24.5 Å². The first-order valence-electron chi connectivity index (χ1n) is 5.36. The summed E-state index contributed by atoms with van der Waals surface area (Å²) in [6, 6.07) is -0.383. The molecule has 1 fully saturated rings. The van der Waals surface area contributed by atoms with Gasteiger partial charge in [0.1, 0.15) is 0 Å². The molecule has 98 valence electrons. The smallest absolute Gasteiger partial charge is 0.334 e. The third kappa shape index (κ3) is 3.86. The molecule has 3 N–H and O–H groups in total. The average molecular weight is 246 g/mol.